The zero-order valence-electron chi connectivity index (χ0n) is 21.9. The molecule has 1 amide bonds. The van der Waals surface area contributed by atoms with Crippen molar-refractivity contribution in [3.05, 3.63) is 83.9 Å². The first kappa shape index (κ1) is 27.5. The molecule has 0 radical (unpaired) electrons. The number of amides is 1. The van der Waals surface area contributed by atoms with Crippen molar-refractivity contribution >= 4 is 50.3 Å². The van der Waals surface area contributed by atoms with Gasteiger partial charge in [0.1, 0.15) is 10.0 Å². The molecule has 7 nitrogen and oxygen atoms in total. The van der Waals surface area contributed by atoms with Crippen LogP contribution in [0.3, 0.4) is 0 Å². The Labute approximate surface area is 239 Å². The summed E-state index contributed by atoms with van der Waals surface area (Å²) >= 11 is 6.64. The molecule has 2 aliphatic rings. The SMILES string of the molecule is C=CCN1C(=O)/C(=C/c2cn(-c3ccccc3)nc2-c2cccc(S(=O)(=O)N3CC(C)CC(C)C3)c2)SC1=S. The van der Waals surface area contributed by atoms with Gasteiger partial charge in [-0.1, -0.05) is 74.2 Å². The Morgan fingerprint density at radius 3 is 2.51 bits per heavy atom. The van der Waals surface area contributed by atoms with E-state index in [1.807, 2.05) is 42.6 Å². The van der Waals surface area contributed by atoms with Gasteiger partial charge in [0.15, 0.2) is 0 Å². The molecule has 2 unspecified atom stereocenters. The molecule has 3 heterocycles. The molecule has 0 bridgehead atoms. The maximum atomic E-state index is 13.6. The standard InChI is InChI=1S/C29H30N4O3S3/c1-4-13-32-28(34)26(38-29(32)37)16-23-19-33(24-10-6-5-7-11-24)30-27(23)22-9-8-12-25(15-22)39(35,36)31-17-20(2)14-21(3)18-31/h4-12,15-16,19-21H,1,13-14,17-18H2,2-3H3/b26-16-. The molecular formula is C29H30N4O3S3. The molecule has 0 saturated carbocycles. The van der Waals surface area contributed by atoms with Gasteiger partial charge < -0.3 is 0 Å². The molecule has 2 fully saturated rings. The van der Waals surface area contributed by atoms with Crippen LogP contribution in [0.2, 0.25) is 0 Å². The first-order valence-corrected chi connectivity index (χ1v) is 15.5. The number of para-hydroxylation sites is 1. The van der Waals surface area contributed by atoms with E-state index < -0.39 is 10.0 Å². The predicted molar refractivity (Wildman–Crippen MR) is 161 cm³/mol. The zero-order valence-corrected chi connectivity index (χ0v) is 24.3. The van der Waals surface area contributed by atoms with Crippen LogP contribution in [0, 0.1) is 11.8 Å². The number of carbonyl (C=O) groups is 1. The highest BCUT2D eigenvalue weighted by Gasteiger charge is 2.33. The highest BCUT2D eigenvalue weighted by Crippen LogP contribution is 2.35. The summed E-state index contributed by atoms with van der Waals surface area (Å²) in [6, 6.07) is 16.5. The van der Waals surface area contributed by atoms with Crippen LogP contribution in [0.25, 0.3) is 23.0 Å². The normalized spacial score (nSPS) is 21.6. The summed E-state index contributed by atoms with van der Waals surface area (Å²) in [4.78, 5) is 15.3. The molecule has 0 aliphatic carbocycles. The molecule has 202 valence electrons. The number of thiocarbonyl (C=S) groups is 1. The van der Waals surface area contributed by atoms with Gasteiger partial charge in [0.25, 0.3) is 5.91 Å². The third-order valence-corrected chi connectivity index (χ3v) is 10.0. The second-order valence-electron chi connectivity index (χ2n) is 10.1. The number of aromatic nitrogens is 2. The third-order valence-electron chi connectivity index (χ3n) is 6.82. The van der Waals surface area contributed by atoms with Crippen molar-refractivity contribution in [1.29, 1.82) is 0 Å². The van der Waals surface area contributed by atoms with E-state index in [0.29, 0.717) is 57.5 Å². The molecule has 2 aromatic carbocycles. The van der Waals surface area contributed by atoms with Crippen LogP contribution < -0.4 is 0 Å². The van der Waals surface area contributed by atoms with E-state index >= 15 is 0 Å². The van der Waals surface area contributed by atoms with Gasteiger partial charge in [0, 0.05) is 37.0 Å². The minimum absolute atomic E-state index is 0.187. The van der Waals surface area contributed by atoms with Gasteiger partial charge in [-0.3, -0.25) is 9.69 Å². The molecule has 39 heavy (non-hydrogen) atoms. The van der Waals surface area contributed by atoms with E-state index in [9.17, 15) is 13.2 Å². The first-order chi connectivity index (χ1) is 18.7. The van der Waals surface area contributed by atoms with Crippen LogP contribution in [-0.2, 0) is 14.8 Å². The maximum absolute atomic E-state index is 13.6. The quantitative estimate of drug-likeness (QED) is 0.207. The lowest BCUT2D eigenvalue weighted by atomic mass is 9.94. The van der Waals surface area contributed by atoms with E-state index in [2.05, 4.69) is 20.4 Å². The number of hydrogen-bond acceptors (Lipinski definition) is 6. The largest absolute Gasteiger partial charge is 0.289 e. The fourth-order valence-electron chi connectivity index (χ4n) is 5.11. The molecule has 0 spiro atoms. The fourth-order valence-corrected chi connectivity index (χ4v) is 8.10. The van der Waals surface area contributed by atoms with Crippen molar-refractivity contribution in [2.75, 3.05) is 19.6 Å². The number of thioether (sulfide) groups is 1. The topological polar surface area (TPSA) is 75.5 Å². The summed E-state index contributed by atoms with van der Waals surface area (Å²) in [6.07, 6.45) is 6.28. The van der Waals surface area contributed by atoms with Gasteiger partial charge >= 0.3 is 0 Å². The maximum Gasteiger partial charge on any atom is 0.266 e. The summed E-state index contributed by atoms with van der Waals surface area (Å²) < 4.78 is 31.1. The highest BCUT2D eigenvalue weighted by atomic mass is 32.2. The molecule has 10 heteroatoms. The van der Waals surface area contributed by atoms with Crippen LogP contribution in [0.4, 0.5) is 0 Å². The fraction of sp³-hybridized carbons (Fsp3) is 0.276. The molecular weight excluding hydrogens is 549 g/mol. The van der Waals surface area contributed by atoms with Crippen molar-refractivity contribution in [1.82, 2.24) is 19.0 Å². The number of hydrogen-bond donors (Lipinski definition) is 0. The Morgan fingerprint density at radius 2 is 1.82 bits per heavy atom. The van der Waals surface area contributed by atoms with Crippen molar-refractivity contribution in [3.8, 4) is 16.9 Å². The monoisotopic (exact) mass is 578 g/mol. The van der Waals surface area contributed by atoms with E-state index in [-0.39, 0.29) is 10.8 Å². The van der Waals surface area contributed by atoms with Crippen molar-refractivity contribution in [3.63, 3.8) is 0 Å². The summed E-state index contributed by atoms with van der Waals surface area (Å²) in [5.41, 5.74) is 2.76. The van der Waals surface area contributed by atoms with Crippen molar-refractivity contribution < 1.29 is 13.2 Å². The molecule has 3 aromatic rings. The van der Waals surface area contributed by atoms with E-state index in [4.69, 9.17) is 17.3 Å². The summed E-state index contributed by atoms with van der Waals surface area (Å²) in [5.74, 6) is 0.423. The predicted octanol–water partition coefficient (Wildman–Crippen LogP) is 5.59. The van der Waals surface area contributed by atoms with Gasteiger partial charge in [0.05, 0.1) is 15.5 Å². The summed E-state index contributed by atoms with van der Waals surface area (Å²) in [5, 5.41) is 4.83. The Balaban J connectivity index is 1.58. The van der Waals surface area contributed by atoms with Crippen LogP contribution in [0.5, 0.6) is 0 Å². The zero-order chi connectivity index (χ0) is 27.7. The van der Waals surface area contributed by atoms with Gasteiger partial charge in [-0.15, -0.1) is 6.58 Å². The van der Waals surface area contributed by atoms with E-state index in [1.165, 1.54) is 16.7 Å². The number of carbonyl (C=O) groups excluding carboxylic acids is 1. The Bertz CT molecular complexity index is 1550. The molecule has 5 rings (SSSR count). The summed E-state index contributed by atoms with van der Waals surface area (Å²) in [6.45, 7) is 9.26. The molecule has 0 N–H and O–H groups in total. The molecule has 2 atom stereocenters. The number of benzene rings is 2. The lowest BCUT2D eigenvalue weighted by Crippen LogP contribution is -2.42. The smallest absolute Gasteiger partial charge is 0.266 e. The summed E-state index contributed by atoms with van der Waals surface area (Å²) in [7, 11) is -3.68. The second kappa shape index (κ2) is 11.2. The molecule has 2 aliphatic heterocycles. The minimum atomic E-state index is -3.68. The average Bonchev–Trinajstić information content (AvgIpc) is 3.45. The number of sulfonamides is 1. The Hall–Kier alpha value is -3.05. The lowest BCUT2D eigenvalue weighted by molar-refractivity contribution is -0.121. The van der Waals surface area contributed by atoms with Crippen molar-refractivity contribution in [2.45, 2.75) is 25.2 Å². The van der Waals surface area contributed by atoms with Crippen molar-refractivity contribution in [2.24, 2.45) is 11.8 Å². The minimum Gasteiger partial charge on any atom is -0.289 e. The van der Waals surface area contributed by atoms with E-state index in [0.717, 1.165) is 12.1 Å². The Morgan fingerprint density at radius 1 is 1.10 bits per heavy atom. The van der Waals surface area contributed by atoms with E-state index in [1.54, 1.807) is 39.3 Å². The van der Waals surface area contributed by atoms with Gasteiger partial charge in [-0.2, -0.15) is 9.40 Å². The molecule has 2 saturated heterocycles. The second-order valence-corrected chi connectivity index (χ2v) is 13.7. The molecule has 1 aromatic heterocycles. The number of piperidine rings is 1. The van der Waals surface area contributed by atoms with Gasteiger partial charge in [0.2, 0.25) is 10.0 Å². The van der Waals surface area contributed by atoms with Gasteiger partial charge in [-0.05, 0) is 48.6 Å². The van der Waals surface area contributed by atoms with Crippen LogP contribution in [0.1, 0.15) is 25.8 Å². The third kappa shape index (κ3) is 5.65. The average molecular weight is 579 g/mol. The van der Waals surface area contributed by atoms with Crippen LogP contribution in [0.15, 0.2) is 83.2 Å². The number of nitrogens with zero attached hydrogens (tertiary/aromatic N) is 4. The van der Waals surface area contributed by atoms with Gasteiger partial charge in [-0.25, -0.2) is 13.1 Å². The Kier molecular flexibility index (Phi) is 7.91. The first-order valence-electron chi connectivity index (χ1n) is 12.8. The number of rotatable bonds is 7. The highest BCUT2D eigenvalue weighted by molar-refractivity contribution is 8.26. The lowest BCUT2D eigenvalue weighted by Gasteiger charge is -2.34. The van der Waals surface area contributed by atoms with Crippen LogP contribution >= 0.6 is 24.0 Å². The van der Waals surface area contributed by atoms with Crippen LogP contribution in [-0.4, -0.2) is 57.3 Å².